The number of ether oxygens (including phenoxy) is 1. The predicted octanol–water partition coefficient (Wildman–Crippen LogP) is 6.75. The molecule has 4 aromatic carbocycles. The molecule has 1 aliphatic rings. The van der Waals surface area contributed by atoms with E-state index in [-0.39, 0.29) is 63.5 Å². The van der Waals surface area contributed by atoms with Crippen LogP contribution in [0.2, 0.25) is 0 Å². The third-order valence-electron chi connectivity index (χ3n) is 13.5. The van der Waals surface area contributed by atoms with Crippen LogP contribution in [0.15, 0.2) is 109 Å². The van der Waals surface area contributed by atoms with Crippen molar-refractivity contribution in [2.24, 2.45) is 17.3 Å². The SMILES string of the molecule is C/C(=C\[CH-]C(C)C)C(=O)O.CCCC[C@H](NC(=O)[C@@H](NC(=O)CCC(=O)N1Cc2ccccc2C#Cc2ccccc21)C(C)C)C(=O)Nc1ccc(COC(=O)Nc2cccc(C(C)(C)[C@@H](NC)C(=O)N[C@H]([C-]=O)C(C)(C)C)c2)cc1.[CH3-].[Li+]. The fourth-order valence-electron chi connectivity index (χ4n) is 8.54. The third-order valence-corrected chi connectivity index (χ3v) is 13.5. The maximum absolute atomic E-state index is 13.8. The number of nitrogens with zero attached hydrogens (tertiary/aromatic N) is 1. The van der Waals surface area contributed by atoms with Gasteiger partial charge in [-0.3, -0.25) is 34.1 Å². The fourth-order valence-corrected chi connectivity index (χ4v) is 8.54. The van der Waals surface area contributed by atoms with Gasteiger partial charge >= 0.3 is 25.0 Å². The summed E-state index contributed by atoms with van der Waals surface area (Å²) in [6.45, 7) is 20.7. The van der Waals surface area contributed by atoms with Crippen LogP contribution in [0.3, 0.4) is 0 Å². The number of nitrogens with one attached hydrogen (secondary N) is 6. The summed E-state index contributed by atoms with van der Waals surface area (Å²) in [6.07, 6.45) is 6.27. The number of carbonyl (C=O) groups excluding carboxylic acids is 7. The molecular formula is C65H84LiN7O10-2. The molecule has 17 nitrogen and oxygen atoms in total. The van der Waals surface area contributed by atoms with Crippen molar-refractivity contribution < 1.29 is 67.1 Å². The number of allylic oxidation sites excluding steroid dienone is 1. The standard InChI is InChI=1S/C56H68N7O8.C8H13O2.CH3.Li/c1-10-11-22-44(60-52(68)49(36(2)3)62-47(65)30-31-48(66)63-33-40-19-13-12-17-38(40)26-27-39-18-14-15-23-45(39)63)51(67)58-42-28-24-37(25-29-42)35-71-54(70)59-43-21-16-20-41(32-43)56(7,8)50(57-9)53(69)61-46(34-64)55(4,5)6;1-6(2)4-5-7(3)8(9)10;;/h12-21,23-25,28-29,32,36,44,46,49-50,57H,10-11,22,30-31,33,35H2,1-9H3,(H,58,67)(H,59,70)(H,60,68)(H,61,69)(H,62,65);4-6H,1-3H3,(H,9,10);1H3;/q3*-1;+1/b;7-5+;;/t44-,46+,49-,50-;;;/m0.../s1. The Balaban J connectivity index is 0.00000178. The van der Waals surface area contributed by atoms with Crippen molar-refractivity contribution in [3.05, 3.63) is 150 Å². The molecule has 83 heavy (non-hydrogen) atoms. The Hall–Kier alpha value is -7.63. The van der Waals surface area contributed by atoms with Gasteiger partial charge in [-0.2, -0.15) is 0 Å². The number of carboxylic acid groups (broad SMARTS) is 1. The minimum absolute atomic E-state index is 0. The van der Waals surface area contributed by atoms with Gasteiger partial charge in [-0.15, -0.1) is 12.5 Å². The summed E-state index contributed by atoms with van der Waals surface area (Å²) < 4.78 is 5.51. The first-order valence-corrected chi connectivity index (χ1v) is 27.4. The normalized spacial score (nSPS) is 13.2. The zero-order chi connectivity index (χ0) is 60.0. The van der Waals surface area contributed by atoms with Crippen LogP contribution in [-0.4, -0.2) is 84.2 Å². The number of unbranched alkanes of at least 4 members (excludes halogenated alkanes) is 1. The van der Waals surface area contributed by atoms with Crippen molar-refractivity contribution in [3.8, 4) is 11.8 Å². The molecule has 0 aliphatic carbocycles. The van der Waals surface area contributed by atoms with Gasteiger partial charge in [0.05, 0.1) is 18.3 Å². The van der Waals surface area contributed by atoms with Crippen LogP contribution in [0.25, 0.3) is 0 Å². The molecule has 0 bridgehead atoms. The van der Waals surface area contributed by atoms with Gasteiger partial charge in [0.2, 0.25) is 35.5 Å². The number of likely N-dealkylation sites (N-methyl/N-ethyl adjacent to an activating group) is 1. The van der Waals surface area contributed by atoms with Gasteiger partial charge in [0.25, 0.3) is 0 Å². The number of fused-ring (bicyclic) bond motifs is 2. The summed E-state index contributed by atoms with van der Waals surface area (Å²) in [5.74, 6) is 3.58. The van der Waals surface area contributed by atoms with E-state index in [1.165, 1.54) is 0 Å². The van der Waals surface area contributed by atoms with E-state index in [1.54, 1.807) is 81.3 Å². The van der Waals surface area contributed by atoms with E-state index in [2.05, 4.69) is 43.7 Å². The van der Waals surface area contributed by atoms with Crippen LogP contribution in [0.4, 0.5) is 21.9 Å². The monoisotopic (exact) mass is 1130 g/mol. The Bertz CT molecular complexity index is 2940. The van der Waals surface area contributed by atoms with E-state index in [9.17, 15) is 38.4 Å². The summed E-state index contributed by atoms with van der Waals surface area (Å²) in [6, 6.07) is 25.5. The molecule has 0 fully saturated rings. The number of hydrogen-bond donors (Lipinski definition) is 7. The van der Waals surface area contributed by atoms with E-state index < -0.39 is 64.8 Å². The third kappa shape index (κ3) is 22.2. The largest absolute Gasteiger partial charge is 1.00 e. The summed E-state index contributed by atoms with van der Waals surface area (Å²) in [5, 5.41) is 25.6. The number of carboxylic acids is 1. The van der Waals surface area contributed by atoms with E-state index in [0.717, 1.165) is 23.1 Å². The number of rotatable bonds is 24. The van der Waals surface area contributed by atoms with Crippen molar-refractivity contribution in [3.63, 3.8) is 0 Å². The maximum atomic E-state index is 13.8. The quantitative estimate of drug-likeness (QED) is 0.0168. The molecule has 6 amide bonds. The average Bonchev–Trinajstić information content (AvgIpc) is 3.62. The Morgan fingerprint density at radius 3 is 2.02 bits per heavy atom. The molecule has 1 heterocycles. The molecule has 0 aromatic heterocycles. The fraction of sp³-hybridized carbons (Fsp3) is 0.415. The number of hydrogen-bond acceptors (Lipinski definition) is 10. The van der Waals surface area contributed by atoms with Crippen molar-refractivity contribution in [1.29, 1.82) is 0 Å². The van der Waals surface area contributed by atoms with Gasteiger partial charge in [-0.05, 0) is 84.0 Å². The van der Waals surface area contributed by atoms with E-state index in [1.807, 2.05) is 123 Å². The first-order valence-electron chi connectivity index (χ1n) is 27.4. The Kier molecular flexibility index (Phi) is 29.4. The van der Waals surface area contributed by atoms with Crippen LogP contribution in [0.1, 0.15) is 136 Å². The molecule has 0 spiro atoms. The minimum Gasteiger partial charge on any atom is -0.540 e. The summed E-state index contributed by atoms with van der Waals surface area (Å²) in [7, 11) is 1.67. The molecule has 442 valence electrons. The van der Waals surface area contributed by atoms with Crippen LogP contribution < -0.4 is 55.7 Å². The topological polar surface area (TPSA) is 241 Å². The van der Waals surface area contributed by atoms with Crippen LogP contribution in [0.5, 0.6) is 0 Å². The number of carbonyl (C=O) groups is 7. The van der Waals surface area contributed by atoms with Crippen molar-refractivity contribution in [2.75, 3.05) is 22.6 Å². The van der Waals surface area contributed by atoms with Crippen molar-refractivity contribution in [1.82, 2.24) is 21.3 Å². The van der Waals surface area contributed by atoms with Gasteiger partial charge in [0.1, 0.15) is 18.7 Å². The van der Waals surface area contributed by atoms with E-state index >= 15 is 0 Å². The molecule has 1 aliphatic heterocycles. The molecule has 5 rings (SSSR count). The maximum Gasteiger partial charge on any atom is 1.00 e. The zero-order valence-electron chi connectivity index (χ0n) is 50.9. The minimum atomic E-state index is -0.967. The number of benzene rings is 4. The van der Waals surface area contributed by atoms with E-state index in [0.29, 0.717) is 59.1 Å². The van der Waals surface area contributed by atoms with Gasteiger partial charge in [-0.1, -0.05) is 160 Å². The van der Waals surface area contributed by atoms with Gasteiger partial charge in [0.15, 0.2) is 0 Å². The second-order valence-corrected chi connectivity index (χ2v) is 22.3. The predicted molar refractivity (Wildman–Crippen MR) is 323 cm³/mol. The van der Waals surface area contributed by atoms with E-state index in [4.69, 9.17) is 9.84 Å². The smallest absolute Gasteiger partial charge is 0.540 e. The van der Waals surface area contributed by atoms with Crippen LogP contribution in [0, 0.1) is 42.9 Å². The van der Waals surface area contributed by atoms with Crippen LogP contribution >= 0.6 is 0 Å². The molecule has 4 atom stereocenters. The molecule has 0 unspecified atom stereocenters. The molecular weight excluding hydrogens is 1050 g/mol. The van der Waals surface area contributed by atoms with Crippen molar-refractivity contribution >= 4 is 64.9 Å². The number of amides is 6. The van der Waals surface area contributed by atoms with Crippen LogP contribution in [-0.2, 0) is 56.9 Å². The molecule has 18 heteroatoms. The summed E-state index contributed by atoms with van der Waals surface area (Å²) >= 11 is 0. The first-order chi connectivity index (χ1) is 38.3. The van der Waals surface area contributed by atoms with Gasteiger partial charge < -0.3 is 53.5 Å². The molecule has 4 aromatic rings. The van der Waals surface area contributed by atoms with Gasteiger partial charge in [-0.25, -0.2) is 23.6 Å². The number of aliphatic carboxylic acids is 1. The van der Waals surface area contributed by atoms with Gasteiger partial charge in [0, 0.05) is 40.8 Å². The second kappa shape index (κ2) is 34.1. The summed E-state index contributed by atoms with van der Waals surface area (Å²) in [5.41, 5.74) is 4.50. The number of para-hydroxylation sites is 1. The Morgan fingerprint density at radius 1 is 0.783 bits per heavy atom. The molecule has 0 saturated heterocycles. The number of anilines is 3. The zero-order valence-corrected chi connectivity index (χ0v) is 50.9. The summed E-state index contributed by atoms with van der Waals surface area (Å²) in [4.78, 5) is 104. The second-order valence-electron chi connectivity index (χ2n) is 22.3. The molecule has 0 saturated carbocycles. The molecule has 7 N–H and O–H groups in total. The Morgan fingerprint density at radius 2 is 1.42 bits per heavy atom. The average molecular weight is 1130 g/mol. The first kappa shape index (κ1) is 71.5. The molecule has 0 radical (unpaired) electrons. The Labute approximate surface area is 503 Å². The van der Waals surface area contributed by atoms with Crippen molar-refractivity contribution in [2.45, 2.75) is 151 Å².